The van der Waals surface area contributed by atoms with Crippen LogP contribution in [0.5, 0.6) is 0 Å². The number of rotatable bonds is 1. The fourth-order valence-electron chi connectivity index (χ4n) is 2.56. The van der Waals surface area contributed by atoms with Crippen molar-refractivity contribution in [3.8, 4) is 0 Å². The molecule has 6 nitrogen and oxygen atoms in total. The van der Waals surface area contributed by atoms with Gasteiger partial charge in [-0.05, 0) is 12.3 Å². The quantitative estimate of drug-likeness (QED) is 0.648. The Balaban J connectivity index is 2.25. The van der Waals surface area contributed by atoms with E-state index in [1.807, 2.05) is 0 Å². The first kappa shape index (κ1) is 11.4. The summed E-state index contributed by atoms with van der Waals surface area (Å²) >= 11 is 0. The fraction of sp³-hybridized carbons (Fsp3) is 0.778. The molecule has 0 spiro atoms. The maximum Gasteiger partial charge on any atom is 0.321 e. The lowest BCUT2D eigenvalue weighted by Crippen LogP contribution is -2.35. The van der Waals surface area contributed by atoms with Crippen LogP contribution in [0.25, 0.3) is 0 Å². The second-order valence-corrected chi connectivity index (χ2v) is 6.73. The normalized spacial score (nSPS) is 36.1. The number of sulfone groups is 1. The number of carboxylic acids is 1. The van der Waals surface area contributed by atoms with Crippen LogP contribution in [0.1, 0.15) is 13.3 Å². The van der Waals surface area contributed by atoms with E-state index in [4.69, 9.17) is 5.11 Å². The smallest absolute Gasteiger partial charge is 0.321 e. The Morgan fingerprint density at radius 2 is 1.94 bits per heavy atom. The summed E-state index contributed by atoms with van der Waals surface area (Å²) in [7, 11) is -3.62. The lowest BCUT2D eigenvalue weighted by atomic mass is 10.0. The third-order valence-corrected chi connectivity index (χ3v) is 6.00. The molecule has 0 saturated carbocycles. The number of carbonyl (C=O) groups excluding carboxylic acids is 1. The first-order valence-corrected chi connectivity index (χ1v) is 6.66. The van der Waals surface area contributed by atoms with Gasteiger partial charge in [0.1, 0.15) is 0 Å². The molecular formula is C9H13NO5S. The molecule has 0 aromatic carbocycles. The van der Waals surface area contributed by atoms with Crippen LogP contribution in [0.2, 0.25) is 0 Å². The molecule has 0 aliphatic carbocycles. The highest BCUT2D eigenvalue weighted by atomic mass is 32.2. The third-order valence-electron chi connectivity index (χ3n) is 3.44. The van der Waals surface area contributed by atoms with Gasteiger partial charge in [0.05, 0.1) is 5.25 Å². The number of fused-ring (bicyclic) bond motifs is 1. The molecule has 0 aromatic rings. The Morgan fingerprint density at radius 1 is 1.31 bits per heavy atom. The maximum absolute atomic E-state index is 11.9. The zero-order chi connectivity index (χ0) is 12.1. The summed E-state index contributed by atoms with van der Waals surface area (Å²) in [6, 6.07) is 0. The minimum atomic E-state index is -3.62. The van der Waals surface area contributed by atoms with Gasteiger partial charge >= 0.3 is 5.97 Å². The van der Waals surface area contributed by atoms with Crippen LogP contribution in [0.3, 0.4) is 0 Å². The molecule has 0 bridgehead atoms. The average Bonchev–Trinajstić information content (AvgIpc) is 2.65. The molecule has 90 valence electrons. The van der Waals surface area contributed by atoms with Gasteiger partial charge in [0, 0.05) is 20.0 Å². The Hall–Kier alpha value is -1.11. The molecular weight excluding hydrogens is 234 g/mol. The number of carboxylic acid groups (broad SMARTS) is 1. The van der Waals surface area contributed by atoms with Crippen molar-refractivity contribution in [2.24, 2.45) is 5.92 Å². The molecule has 7 heteroatoms. The number of carbonyl (C=O) groups is 2. The number of amides is 1. The highest BCUT2D eigenvalue weighted by molar-refractivity contribution is 7.93. The average molecular weight is 247 g/mol. The van der Waals surface area contributed by atoms with Crippen molar-refractivity contribution in [1.82, 2.24) is 4.90 Å². The van der Waals surface area contributed by atoms with E-state index in [0.29, 0.717) is 6.54 Å². The van der Waals surface area contributed by atoms with Crippen LogP contribution in [0.4, 0.5) is 0 Å². The summed E-state index contributed by atoms with van der Waals surface area (Å²) in [5.74, 6) is -1.64. The van der Waals surface area contributed by atoms with Crippen molar-refractivity contribution in [2.45, 2.75) is 23.8 Å². The first-order valence-electron chi connectivity index (χ1n) is 5.05. The van der Waals surface area contributed by atoms with Crippen LogP contribution in [0.15, 0.2) is 0 Å². The van der Waals surface area contributed by atoms with Gasteiger partial charge in [-0.1, -0.05) is 0 Å². The van der Waals surface area contributed by atoms with E-state index in [2.05, 4.69) is 0 Å². The SMILES string of the molecule is CC(=O)N1C[C@H]2CC(C(=O)O)S(=O)(=O)[C@H]2C1. The molecule has 2 fully saturated rings. The molecule has 3 atom stereocenters. The Labute approximate surface area is 93.1 Å². The van der Waals surface area contributed by atoms with E-state index in [1.165, 1.54) is 11.8 Å². The zero-order valence-electron chi connectivity index (χ0n) is 8.79. The van der Waals surface area contributed by atoms with E-state index in [0.717, 1.165) is 0 Å². The number of aliphatic carboxylic acids is 1. The topological polar surface area (TPSA) is 91.8 Å². The Kier molecular flexibility index (Phi) is 2.45. The lowest BCUT2D eigenvalue weighted by molar-refractivity contribution is -0.136. The van der Waals surface area contributed by atoms with Gasteiger partial charge < -0.3 is 10.0 Å². The van der Waals surface area contributed by atoms with Crippen LogP contribution in [-0.4, -0.2) is 53.9 Å². The Bertz CT molecular complexity index is 443. The van der Waals surface area contributed by atoms with Gasteiger partial charge in [-0.2, -0.15) is 0 Å². The molecule has 2 aliphatic heterocycles. The lowest BCUT2D eigenvalue weighted by Gasteiger charge is -2.15. The van der Waals surface area contributed by atoms with Crippen LogP contribution >= 0.6 is 0 Å². The van der Waals surface area contributed by atoms with E-state index >= 15 is 0 Å². The number of hydrogen-bond donors (Lipinski definition) is 1. The fourth-order valence-corrected chi connectivity index (χ4v) is 4.90. The van der Waals surface area contributed by atoms with E-state index in [1.54, 1.807) is 0 Å². The minimum absolute atomic E-state index is 0.131. The van der Waals surface area contributed by atoms with Crippen LogP contribution < -0.4 is 0 Å². The predicted molar refractivity (Wildman–Crippen MR) is 54.5 cm³/mol. The number of hydrogen-bond acceptors (Lipinski definition) is 4. The predicted octanol–water partition coefficient (Wildman–Crippen LogP) is -0.895. The summed E-state index contributed by atoms with van der Waals surface area (Å²) in [6.07, 6.45) is 0.131. The van der Waals surface area contributed by atoms with Crippen LogP contribution in [0, 0.1) is 5.92 Å². The monoisotopic (exact) mass is 247 g/mol. The van der Waals surface area contributed by atoms with Crippen LogP contribution in [-0.2, 0) is 19.4 Å². The third kappa shape index (κ3) is 1.50. The molecule has 0 radical (unpaired) electrons. The molecule has 0 aromatic heterocycles. The summed E-state index contributed by atoms with van der Waals surface area (Å²) in [4.78, 5) is 23.4. The molecule has 2 rings (SSSR count). The summed E-state index contributed by atoms with van der Waals surface area (Å²) in [5.41, 5.74) is 0. The van der Waals surface area contributed by atoms with Crippen molar-refractivity contribution in [2.75, 3.05) is 13.1 Å². The van der Waals surface area contributed by atoms with Gasteiger partial charge in [-0.25, -0.2) is 8.42 Å². The molecule has 16 heavy (non-hydrogen) atoms. The first-order chi connectivity index (χ1) is 7.34. The van der Waals surface area contributed by atoms with Crippen molar-refractivity contribution < 1.29 is 23.1 Å². The zero-order valence-corrected chi connectivity index (χ0v) is 9.61. The number of nitrogens with zero attached hydrogens (tertiary/aromatic N) is 1. The van der Waals surface area contributed by atoms with E-state index in [9.17, 15) is 18.0 Å². The van der Waals surface area contributed by atoms with E-state index < -0.39 is 26.3 Å². The second kappa shape index (κ2) is 3.44. The van der Waals surface area contributed by atoms with Gasteiger partial charge in [0.25, 0.3) is 0 Å². The summed E-state index contributed by atoms with van der Waals surface area (Å²) in [5, 5.41) is 6.86. The second-order valence-electron chi connectivity index (χ2n) is 4.37. The molecule has 1 unspecified atom stereocenters. The molecule has 2 heterocycles. The molecule has 2 saturated heterocycles. The Morgan fingerprint density at radius 3 is 2.38 bits per heavy atom. The largest absolute Gasteiger partial charge is 0.480 e. The number of likely N-dealkylation sites (tertiary alicyclic amines) is 1. The maximum atomic E-state index is 11.9. The van der Waals surface area contributed by atoms with Gasteiger partial charge in [-0.15, -0.1) is 0 Å². The van der Waals surface area contributed by atoms with Crippen molar-refractivity contribution in [3.05, 3.63) is 0 Å². The molecule has 1 amide bonds. The molecule has 1 N–H and O–H groups in total. The highest BCUT2D eigenvalue weighted by Gasteiger charge is 2.55. The minimum Gasteiger partial charge on any atom is -0.480 e. The standard InChI is InChI=1S/C9H13NO5S/c1-5(11)10-3-6-2-7(9(12)13)16(14,15)8(6)4-10/h6-8H,2-4H2,1H3,(H,12,13)/t6-,7?,8+/m1/s1. The van der Waals surface area contributed by atoms with Gasteiger partial charge in [0.15, 0.2) is 15.1 Å². The van der Waals surface area contributed by atoms with Gasteiger partial charge in [-0.3, -0.25) is 9.59 Å². The summed E-state index contributed by atoms with van der Waals surface area (Å²) in [6.45, 7) is 1.90. The van der Waals surface area contributed by atoms with Crippen molar-refractivity contribution in [3.63, 3.8) is 0 Å². The highest BCUT2D eigenvalue weighted by Crippen LogP contribution is 2.38. The van der Waals surface area contributed by atoms with Crippen molar-refractivity contribution in [1.29, 1.82) is 0 Å². The summed E-state index contributed by atoms with van der Waals surface area (Å²) < 4.78 is 23.7. The van der Waals surface area contributed by atoms with Gasteiger partial charge in [0.2, 0.25) is 5.91 Å². The van der Waals surface area contributed by atoms with Crippen molar-refractivity contribution >= 4 is 21.7 Å². The van der Waals surface area contributed by atoms with E-state index in [-0.39, 0.29) is 24.8 Å². The molecule has 2 aliphatic rings.